The predicted molar refractivity (Wildman–Crippen MR) is 49.2 cm³/mol. The van der Waals surface area contributed by atoms with Crippen molar-refractivity contribution < 1.29 is 9.18 Å². The monoisotopic (exact) mass is 264 g/mol. The van der Waals surface area contributed by atoms with Crippen LogP contribution in [0, 0.1) is 16.3 Å². The van der Waals surface area contributed by atoms with Crippen LogP contribution in [0.25, 0.3) is 0 Å². The van der Waals surface area contributed by atoms with Crippen LogP contribution in [0.5, 0.6) is 0 Å². The molecule has 0 heterocycles. The lowest BCUT2D eigenvalue weighted by molar-refractivity contribution is 0.111. The molecule has 58 valence electrons. The van der Waals surface area contributed by atoms with E-state index in [1.807, 2.05) is 22.6 Å². The summed E-state index contributed by atoms with van der Waals surface area (Å²) < 4.78 is 13.7. The molecule has 1 nitrogen and oxygen atoms in total. The summed E-state index contributed by atoms with van der Waals surface area (Å²) >= 11 is 1.93. The van der Waals surface area contributed by atoms with E-state index in [0.717, 1.165) is 0 Å². The molecule has 0 saturated carbocycles. The number of hydrogen-bond acceptors (Lipinski definition) is 1. The first kappa shape index (κ1) is 8.64. The minimum atomic E-state index is -0.410. The third kappa shape index (κ3) is 1.58. The minimum absolute atomic E-state index is 0.158. The van der Waals surface area contributed by atoms with Crippen molar-refractivity contribution in [2.75, 3.05) is 0 Å². The zero-order valence-electron chi connectivity index (χ0n) is 5.90. The molecule has 0 spiro atoms. The largest absolute Gasteiger partial charge is 0.298 e. The molecule has 1 rings (SSSR count). The molecular formula is C8H6FIO. The van der Waals surface area contributed by atoms with Crippen molar-refractivity contribution >= 4 is 28.9 Å². The number of carbonyl (C=O) groups excluding carboxylic acids is 1. The molecule has 0 N–H and O–H groups in total. The Labute approximate surface area is 77.8 Å². The van der Waals surface area contributed by atoms with Gasteiger partial charge in [0.15, 0.2) is 6.29 Å². The van der Waals surface area contributed by atoms with E-state index >= 15 is 0 Å². The number of benzene rings is 1. The molecule has 0 saturated heterocycles. The Morgan fingerprint density at radius 2 is 2.18 bits per heavy atom. The second kappa shape index (κ2) is 3.30. The lowest BCUT2D eigenvalue weighted by atomic mass is 10.1. The van der Waals surface area contributed by atoms with Gasteiger partial charge in [0.1, 0.15) is 5.82 Å². The fraction of sp³-hybridized carbons (Fsp3) is 0.125. The summed E-state index contributed by atoms with van der Waals surface area (Å²) in [4.78, 5) is 10.4. The van der Waals surface area contributed by atoms with Crippen molar-refractivity contribution in [2.24, 2.45) is 0 Å². The van der Waals surface area contributed by atoms with Gasteiger partial charge in [-0.3, -0.25) is 4.79 Å². The molecular weight excluding hydrogens is 258 g/mol. The van der Waals surface area contributed by atoms with Crippen molar-refractivity contribution in [2.45, 2.75) is 6.92 Å². The smallest absolute Gasteiger partial charge is 0.154 e. The third-order valence-corrected chi connectivity index (χ3v) is 2.38. The number of aldehydes is 1. The number of rotatable bonds is 1. The summed E-state index contributed by atoms with van der Waals surface area (Å²) in [7, 11) is 0. The van der Waals surface area contributed by atoms with Gasteiger partial charge in [0.2, 0.25) is 0 Å². The number of hydrogen-bond donors (Lipinski definition) is 0. The zero-order chi connectivity index (χ0) is 8.43. The van der Waals surface area contributed by atoms with Crippen LogP contribution in [0.3, 0.4) is 0 Å². The zero-order valence-corrected chi connectivity index (χ0v) is 8.05. The quantitative estimate of drug-likeness (QED) is 0.562. The normalized spacial score (nSPS) is 9.73. The van der Waals surface area contributed by atoms with Crippen LogP contribution >= 0.6 is 22.6 Å². The maximum atomic E-state index is 13.0. The molecule has 1 aromatic rings. The number of carbonyl (C=O) groups is 1. The molecule has 1 aromatic carbocycles. The molecule has 0 aliphatic carbocycles. The Bertz CT molecular complexity index is 296. The van der Waals surface area contributed by atoms with Crippen molar-refractivity contribution in [3.63, 3.8) is 0 Å². The highest BCUT2D eigenvalue weighted by Gasteiger charge is 2.07. The van der Waals surface area contributed by atoms with E-state index in [9.17, 15) is 9.18 Å². The first-order valence-electron chi connectivity index (χ1n) is 3.06. The van der Waals surface area contributed by atoms with E-state index < -0.39 is 5.82 Å². The van der Waals surface area contributed by atoms with Gasteiger partial charge in [-0.1, -0.05) is 6.07 Å². The molecule has 0 fully saturated rings. The van der Waals surface area contributed by atoms with Gasteiger partial charge in [-0.05, 0) is 41.1 Å². The Hall–Kier alpha value is -0.450. The van der Waals surface area contributed by atoms with E-state index in [2.05, 4.69) is 0 Å². The molecule has 0 aliphatic heterocycles. The summed E-state index contributed by atoms with van der Waals surface area (Å²) in [5.41, 5.74) is 0.665. The summed E-state index contributed by atoms with van der Waals surface area (Å²) in [5, 5.41) is 0. The fourth-order valence-electron chi connectivity index (χ4n) is 0.786. The molecule has 0 atom stereocenters. The lowest BCUT2D eigenvalue weighted by Crippen LogP contribution is -1.94. The fourth-order valence-corrected chi connectivity index (χ4v) is 1.33. The maximum absolute atomic E-state index is 13.0. The predicted octanol–water partition coefficient (Wildman–Crippen LogP) is 2.55. The SMILES string of the molecule is Cc1ccc(I)c(C=O)c1F. The molecule has 0 unspecified atom stereocenters. The van der Waals surface area contributed by atoms with Crippen LogP contribution in [0.2, 0.25) is 0 Å². The lowest BCUT2D eigenvalue weighted by Gasteiger charge is -2.00. The van der Waals surface area contributed by atoms with E-state index in [1.54, 1.807) is 19.1 Å². The van der Waals surface area contributed by atoms with E-state index in [-0.39, 0.29) is 5.56 Å². The van der Waals surface area contributed by atoms with Crippen molar-refractivity contribution in [1.29, 1.82) is 0 Å². The van der Waals surface area contributed by atoms with Crippen LogP contribution in [0.1, 0.15) is 15.9 Å². The van der Waals surface area contributed by atoms with Crippen molar-refractivity contribution in [3.8, 4) is 0 Å². The van der Waals surface area contributed by atoms with Crippen LogP contribution in [0.4, 0.5) is 4.39 Å². The van der Waals surface area contributed by atoms with Crippen molar-refractivity contribution in [1.82, 2.24) is 0 Å². The van der Waals surface area contributed by atoms with E-state index in [4.69, 9.17) is 0 Å². The van der Waals surface area contributed by atoms with Gasteiger partial charge in [-0.25, -0.2) is 4.39 Å². The van der Waals surface area contributed by atoms with Gasteiger partial charge in [0.05, 0.1) is 5.56 Å². The molecule has 0 bridgehead atoms. The molecule has 0 aliphatic rings. The van der Waals surface area contributed by atoms with Crippen molar-refractivity contribution in [3.05, 3.63) is 32.6 Å². The summed E-state index contributed by atoms with van der Waals surface area (Å²) in [5.74, 6) is -0.410. The van der Waals surface area contributed by atoms with Crippen LogP contribution in [-0.2, 0) is 0 Å². The average Bonchev–Trinajstić information content (AvgIpc) is 1.99. The maximum Gasteiger partial charge on any atom is 0.154 e. The van der Waals surface area contributed by atoms with Crippen LogP contribution in [0.15, 0.2) is 12.1 Å². The van der Waals surface area contributed by atoms with Gasteiger partial charge in [-0.2, -0.15) is 0 Å². The summed E-state index contributed by atoms with van der Waals surface area (Å²) in [6, 6.07) is 3.38. The van der Waals surface area contributed by atoms with E-state index in [1.165, 1.54) is 0 Å². The Kier molecular flexibility index (Phi) is 2.59. The number of halogens is 2. The Morgan fingerprint density at radius 1 is 1.55 bits per heavy atom. The highest BCUT2D eigenvalue weighted by molar-refractivity contribution is 14.1. The van der Waals surface area contributed by atoms with E-state index in [0.29, 0.717) is 15.4 Å². The van der Waals surface area contributed by atoms with Gasteiger partial charge in [-0.15, -0.1) is 0 Å². The second-order valence-electron chi connectivity index (χ2n) is 2.21. The van der Waals surface area contributed by atoms with Gasteiger partial charge in [0.25, 0.3) is 0 Å². The highest BCUT2D eigenvalue weighted by Crippen LogP contribution is 2.16. The molecule has 0 radical (unpaired) electrons. The standard InChI is InChI=1S/C8H6FIO/c1-5-2-3-7(10)6(4-11)8(5)9/h2-4H,1H3. The van der Waals surface area contributed by atoms with Gasteiger partial charge in [0, 0.05) is 3.57 Å². The molecule has 0 aromatic heterocycles. The second-order valence-corrected chi connectivity index (χ2v) is 3.37. The van der Waals surface area contributed by atoms with Crippen LogP contribution in [-0.4, -0.2) is 6.29 Å². The van der Waals surface area contributed by atoms with Crippen LogP contribution < -0.4 is 0 Å². The van der Waals surface area contributed by atoms with Gasteiger partial charge < -0.3 is 0 Å². The molecule has 3 heteroatoms. The highest BCUT2D eigenvalue weighted by atomic mass is 127. The number of aryl methyl sites for hydroxylation is 1. The first-order valence-corrected chi connectivity index (χ1v) is 4.14. The first-order chi connectivity index (χ1) is 5.16. The summed E-state index contributed by atoms with van der Waals surface area (Å²) in [6.07, 6.45) is 0.546. The Morgan fingerprint density at radius 3 is 2.64 bits per heavy atom. The summed E-state index contributed by atoms with van der Waals surface area (Å²) in [6.45, 7) is 1.64. The average molecular weight is 264 g/mol. The third-order valence-electron chi connectivity index (χ3n) is 1.44. The molecule has 11 heavy (non-hydrogen) atoms. The Balaban J connectivity index is 3.40. The topological polar surface area (TPSA) is 17.1 Å². The minimum Gasteiger partial charge on any atom is -0.298 e. The molecule has 0 amide bonds. The van der Waals surface area contributed by atoms with Gasteiger partial charge >= 0.3 is 0 Å².